The molecule has 1 heterocycles. The summed E-state index contributed by atoms with van der Waals surface area (Å²) in [6, 6.07) is 16.1. The zero-order chi connectivity index (χ0) is 13.2. The van der Waals surface area contributed by atoms with Gasteiger partial charge in [-0.05, 0) is 30.0 Å². The Morgan fingerprint density at radius 3 is 2.58 bits per heavy atom. The van der Waals surface area contributed by atoms with E-state index in [9.17, 15) is 5.11 Å². The highest BCUT2D eigenvalue weighted by Gasteiger charge is 2.27. The molecule has 2 aromatic carbocycles. The van der Waals surface area contributed by atoms with Crippen LogP contribution in [0.15, 0.2) is 53.4 Å². The van der Waals surface area contributed by atoms with Crippen molar-refractivity contribution < 1.29 is 9.84 Å². The topological polar surface area (TPSA) is 29.5 Å². The molecule has 0 spiro atoms. The Morgan fingerprint density at radius 2 is 1.84 bits per heavy atom. The molecule has 0 aliphatic carbocycles. The van der Waals surface area contributed by atoms with Crippen LogP contribution in [0, 0.1) is 0 Å². The van der Waals surface area contributed by atoms with Crippen LogP contribution in [0.3, 0.4) is 0 Å². The first-order valence-corrected chi connectivity index (χ1v) is 7.58. The lowest BCUT2D eigenvalue weighted by atomic mass is 9.95. The van der Waals surface area contributed by atoms with Crippen LogP contribution in [0.5, 0.6) is 5.75 Å². The second kappa shape index (κ2) is 5.27. The smallest absolute Gasteiger partial charge is 0.127 e. The second-order valence-electron chi connectivity index (χ2n) is 4.67. The van der Waals surface area contributed by atoms with E-state index in [4.69, 9.17) is 4.74 Å². The molecule has 0 saturated heterocycles. The van der Waals surface area contributed by atoms with Crippen molar-refractivity contribution in [3.63, 3.8) is 0 Å². The molecule has 19 heavy (non-hydrogen) atoms. The largest absolute Gasteiger partial charge is 0.485 e. The van der Waals surface area contributed by atoms with E-state index in [-0.39, 0.29) is 6.10 Å². The van der Waals surface area contributed by atoms with Crippen LogP contribution in [0.1, 0.15) is 29.8 Å². The SMILES string of the molecule is CSc1ccc(C2C[C@@H](O)c3ccccc3O2)cc1. The minimum absolute atomic E-state index is 0.0687. The summed E-state index contributed by atoms with van der Waals surface area (Å²) in [6.45, 7) is 0. The molecule has 2 aromatic rings. The molecule has 98 valence electrons. The molecule has 0 saturated carbocycles. The Hall–Kier alpha value is -1.45. The van der Waals surface area contributed by atoms with Gasteiger partial charge < -0.3 is 9.84 Å². The third-order valence-corrected chi connectivity index (χ3v) is 4.22. The molecule has 0 fully saturated rings. The van der Waals surface area contributed by atoms with Gasteiger partial charge in [-0.15, -0.1) is 11.8 Å². The fourth-order valence-corrected chi connectivity index (χ4v) is 2.83. The maximum Gasteiger partial charge on any atom is 0.127 e. The van der Waals surface area contributed by atoms with Crippen molar-refractivity contribution >= 4 is 11.8 Å². The molecule has 2 atom stereocenters. The van der Waals surface area contributed by atoms with Crippen molar-refractivity contribution in [3.8, 4) is 5.75 Å². The van der Waals surface area contributed by atoms with Gasteiger partial charge in [0.05, 0.1) is 6.10 Å². The van der Waals surface area contributed by atoms with Crippen LogP contribution in [0.2, 0.25) is 0 Å². The Labute approximate surface area is 117 Å². The van der Waals surface area contributed by atoms with Gasteiger partial charge in [0.2, 0.25) is 0 Å². The first-order chi connectivity index (χ1) is 9.28. The molecule has 0 radical (unpaired) electrons. The van der Waals surface area contributed by atoms with E-state index in [1.165, 1.54) is 4.90 Å². The van der Waals surface area contributed by atoms with Gasteiger partial charge in [-0.1, -0.05) is 30.3 Å². The first-order valence-electron chi connectivity index (χ1n) is 6.35. The lowest BCUT2D eigenvalue weighted by molar-refractivity contribution is 0.0657. The summed E-state index contributed by atoms with van der Waals surface area (Å²) in [5.41, 5.74) is 2.01. The maximum atomic E-state index is 10.2. The van der Waals surface area contributed by atoms with Gasteiger partial charge in [-0.25, -0.2) is 0 Å². The standard InChI is InChI=1S/C16H16O2S/c1-19-12-8-6-11(7-9-12)16-10-14(17)13-4-2-3-5-15(13)18-16/h2-9,14,16-17H,10H2,1H3/t14-,16?/m1/s1. The molecule has 1 aliphatic rings. The van der Waals surface area contributed by atoms with Gasteiger partial charge in [-0.3, -0.25) is 0 Å². The van der Waals surface area contributed by atoms with E-state index >= 15 is 0 Å². The lowest BCUT2D eigenvalue weighted by Crippen LogP contribution is -2.18. The number of ether oxygens (including phenoxy) is 1. The molecular weight excluding hydrogens is 256 g/mol. The Morgan fingerprint density at radius 1 is 1.11 bits per heavy atom. The van der Waals surface area contributed by atoms with E-state index in [1.807, 2.05) is 24.3 Å². The highest BCUT2D eigenvalue weighted by molar-refractivity contribution is 7.98. The number of benzene rings is 2. The van der Waals surface area contributed by atoms with E-state index < -0.39 is 6.10 Å². The van der Waals surface area contributed by atoms with Gasteiger partial charge in [0, 0.05) is 16.9 Å². The first kappa shape index (κ1) is 12.6. The summed E-state index contributed by atoms with van der Waals surface area (Å²) in [6.07, 6.45) is 2.15. The zero-order valence-corrected chi connectivity index (χ0v) is 11.6. The summed E-state index contributed by atoms with van der Waals surface area (Å²) in [7, 11) is 0. The van der Waals surface area contributed by atoms with Crippen molar-refractivity contribution in [1.29, 1.82) is 0 Å². The molecule has 1 N–H and O–H groups in total. The number of fused-ring (bicyclic) bond motifs is 1. The fraction of sp³-hybridized carbons (Fsp3) is 0.250. The normalized spacial score (nSPS) is 21.6. The average Bonchev–Trinajstić information content (AvgIpc) is 2.47. The maximum absolute atomic E-state index is 10.2. The Kier molecular flexibility index (Phi) is 3.49. The van der Waals surface area contributed by atoms with Crippen molar-refractivity contribution in [2.24, 2.45) is 0 Å². The molecule has 0 bridgehead atoms. The van der Waals surface area contributed by atoms with Crippen molar-refractivity contribution in [1.82, 2.24) is 0 Å². The van der Waals surface area contributed by atoms with Gasteiger partial charge in [0.1, 0.15) is 11.9 Å². The number of aliphatic hydroxyl groups excluding tert-OH is 1. The van der Waals surface area contributed by atoms with Crippen molar-refractivity contribution in [2.45, 2.75) is 23.5 Å². The van der Waals surface area contributed by atoms with E-state index in [0.717, 1.165) is 16.9 Å². The lowest BCUT2D eigenvalue weighted by Gasteiger charge is -2.29. The molecule has 2 nitrogen and oxygen atoms in total. The highest BCUT2D eigenvalue weighted by Crippen LogP contribution is 2.40. The quantitative estimate of drug-likeness (QED) is 0.839. The monoisotopic (exact) mass is 272 g/mol. The van der Waals surface area contributed by atoms with Crippen molar-refractivity contribution in [3.05, 3.63) is 59.7 Å². The van der Waals surface area contributed by atoms with E-state index in [2.05, 4.69) is 30.5 Å². The summed E-state index contributed by atoms with van der Waals surface area (Å²) in [5, 5.41) is 10.2. The molecule has 3 rings (SSSR count). The number of hydrogen-bond donors (Lipinski definition) is 1. The molecule has 1 aliphatic heterocycles. The van der Waals surface area contributed by atoms with Crippen LogP contribution in [0.25, 0.3) is 0 Å². The van der Waals surface area contributed by atoms with Crippen LogP contribution >= 0.6 is 11.8 Å². The number of aliphatic hydroxyl groups is 1. The number of hydrogen-bond acceptors (Lipinski definition) is 3. The highest BCUT2D eigenvalue weighted by atomic mass is 32.2. The minimum Gasteiger partial charge on any atom is -0.485 e. The van der Waals surface area contributed by atoms with E-state index in [1.54, 1.807) is 11.8 Å². The third-order valence-electron chi connectivity index (χ3n) is 3.47. The van der Waals surface area contributed by atoms with Crippen LogP contribution in [-0.4, -0.2) is 11.4 Å². The number of rotatable bonds is 2. The van der Waals surface area contributed by atoms with Gasteiger partial charge in [-0.2, -0.15) is 0 Å². The molecule has 3 heteroatoms. The van der Waals surface area contributed by atoms with Crippen LogP contribution in [0.4, 0.5) is 0 Å². The Balaban J connectivity index is 1.87. The summed E-state index contributed by atoms with van der Waals surface area (Å²) in [4.78, 5) is 1.24. The van der Waals surface area contributed by atoms with Gasteiger partial charge in [0.25, 0.3) is 0 Å². The fourth-order valence-electron chi connectivity index (χ4n) is 2.42. The predicted molar refractivity (Wildman–Crippen MR) is 77.6 cm³/mol. The van der Waals surface area contributed by atoms with Crippen LogP contribution < -0.4 is 4.74 Å². The molecular formula is C16H16O2S. The second-order valence-corrected chi connectivity index (χ2v) is 5.55. The van der Waals surface area contributed by atoms with Gasteiger partial charge in [0.15, 0.2) is 0 Å². The molecule has 1 unspecified atom stereocenters. The van der Waals surface area contributed by atoms with Crippen molar-refractivity contribution in [2.75, 3.05) is 6.26 Å². The predicted octanol–water partition coefficient (Wildman–Crippen LogP) is 3.97. The summed E-state index contributed by atoms with van der Waals surface area (Å²) < 4.78 is 6.00. The zero-order valence-electron chi connectivity index (χ0n) is 10.7. The average molecular weight is 272 g/mol. The minimum atomic E-state index is -0.449. The Bertz CT molecular complexity index is 565. The molecule has 0 aromatic heterocycles. The number of para-hydroxylation sites is 1. The molecule has 0 amide bonds. The van der Waals surface area contributed by atoms with Gasteiger partial charge >= 0.3 is 0 Å². The van der Waals surface area contributed by atoms with E-state index in [0.29, 0.717) is 6.42 Å². The summed E-state index contributed by atoms with van der Waals surface area (Å²) in [5.74, 6) is 0.792. The number of thioether (sulfide) groups is 1. The van der Waals surface area contributed by atoms with Crippen LogP contribution in [-0.2, 0) is 0 Å². The third kappa shape index (κ3) is 2.48. The summed E-state index contributed by atoms with van der Waals surface area (Å²) >= 11 is 1.72.